The van der Waals surface area contributed by atoms with Gasteiger partial charge in [-0.15, -0.1) is 10.2 Å². The molecule has 2 aromatic heterocycles. The van der Waals surface area contributed by atoms with E-state index >= 15 is 0 Å². The number of aromatic nitrogens is 5. The highest BCUT2D eigenvalue weighted by atomic mass is 35.5. The summed E-state index contributed by atoms with van der Waals surface area (Å²) in [5.41, 5.74) is 1.77. The van der Waals surface area contributed by atoms with Crippen LogP contribution in [0.2, 0.25) is 5.02 Å². The lowest BCUT2D eigenvalue weighted by atomic mass is 9.81. The van der Waals surface area contributed by atoms with Gasteiger partial charge in [0.15, 0.2) is 5.82 Å². The van der Waals surface area contributed by atoms with Crippen molar-refractivity contribution in [3.63, 3.8) is 0 Å². The summed E-state index contributed by atoms with van der Waals surface area (Å²) in [5.74, 6) is 3.07. The molecular weight excluding hydrogens is 404 g/mol. The second-order valence-electron chi connectivity index (χ2n) is 7.88. The zero-order valence-electron chi connectivity index (χ0n) is 16.3. The van der Waals surface area contributed by atoms with Crippen molar-refractivity contribution in [2.24, 2.45) is 0 Å². The molecule has 0 radical (unpaired) electrons. The molecule has 2 aliphatic rings. The highest BCUT2D eigenvalue weighted by Gasteiger charge is 2.32. The van der Waals surface area contributed by atoms with E-state index in [1.165, 1.54) is 4.90 Å². The zero-order valence-corrected chi connectivity index (χ0v) is 17.0. The van der Waals surface area contributed by atoms with Gasteiger partial charge in [0, 0.05) is 29.3 Å². The van der Waals surface area contributed by atoms with Crippen molar-refractivity contribution in [1.29, 1.82) is 0 Å². The van der Waals surface area contributed by atoms with E-state index in [9.17, 15) is 9.90 Å². The van der Waals surface area contributed by atoms with E-state index in [0.717, 1.165) is 48.6 Å². The molecule has 1 aliphatic carbocycles. The first-order chi connectivity index (χ1) is 14.6. The molecule has 8 nitrogen and oxygen atoms in total. The molecule has 30 heavy (non-hydrogen) atoms. The Labute approximate surface area is 178 Å². The summed E-state index contributed by atoms with van der Waals surface area (Å²) in [6, 6.07) is 7.43. The Morgan fingerprint density at radius 1 is 1.03 bits per heavy atom. The fourth-order valence-electron chi connectivity index (χ4n) is 4.56. The van der Waals surface area contributed by atoms with Crippen molar-refractivity contribution in [2.75, 3.05) is 0 Å². The number of hydrogen-bond acceptors (Lipinski definition) is 5. The van der Waals surface area contributed by atoms with E-state index in [1.54, 1.807) is 12.4 Å². The Balaban J connectivity index is 1.47. The van der Waals surface area contributed by atoms with E-state index in [-0.39, 0.29) is 19.0 Å². The number of benzene rings is 1. The van der Waals surface area contributed by atoms with Crippen LogP contribution in [0.5, 0.6) is 0 Å². The summed E-state index contributed by atoms with van der Waals surface area (Å²) in [6.07, 6.45) is 6.52. The summed E-state index contributed by atoms with van der Waals surface area (Å²) in [4.78, 5) is 21.9. The maximum atomic E-state index is 11.7. The van der Waals surface area contributed by atoms with Gasteiger partial charge in [0.05, 0.1) is 18.8 Å². The first-order valence-corrected chi connectivity index (χ1v) is 10.5. The van der Waals surface area contributed by atoms with Crippen LogP contribution in [0.3, 0.4) is 0 Å². The molecule has 9 heteroatoms. The van der Waals surface area contributed by atoms with Crippen molar-refractivity contribution in [2.45, 2.75) is 50.6 Å². The Morgan fingerprint density at radius 2 is 1.77 bits per heavy atom. The molecule has 0 spiro atoms. The summed E-state index contributed by atoms with van der Waals surface area (Å²) in [6.45, 7) is 0.466. The smallest absolute Gasteiger partial charge is 0.408 e. The average Bonchev–Trinajstić information content (AvgIpc) is 3.10. The van der Waals surface area contributed by atoms with Gasteiger partial charge in [-0.1, -0.05) is 11.6 Å². The maximum absolute atomic E-state index is 11.7. The average molecular weight is 425 g/mol. The monoisotopic (exact) mass is 424 g/mol. The minimum Gasteiger partial charge on any atom is -0.465 e. The van der Waals surface area contributed by atoms with Crippen molar-refractivity contribution in [3.05, 3.63) is 64.7 Å². The fourth-order valence-corrected chi connectivity index (χ4v) is 4.75. The van der Waals surface area contributed by atoms with Crippen molar-refractivity contribution in [3.8, 4) is 5.69 Å². The van der Waals surface area contributed by atoms with Crippen LogP contribution in [0.15, 0.2) is 36.7 Å². The second kappa shape index (κ2) is 7.68. The predicted molar refractivity (Wildman–Crippen MR) is 110 cm³/mol. The molecule has 1 aromatic carbocycles. The van der Waals surface area contributed by atoms with Crippen LogP contribution >= 0.6 is 11.6 Å². The summed E-state index contributed by atoms with van der Waals surface area (Å²) in [7, 11) is 0. The van der Waals surface area contributed by atoms with Crippen molar-refractivity contribution >= 4 is 17.7 Å². The molecular formula is C21H21ClN6O2. The number of rotatable bonds is 2. The second-order valence-corrected chi connectivity index (χ2v) is 8.31. The molecule has 1 amide bonds. The van der Waals surface area contributed by atoms with Gasteiger partial charge < -0.3 is 5.11 Å². The summed E-state index contributed by atoms with van der Waals surface area (Å²) < 4.78 is 2.04. The zero-order chi connectivity index (χ0) is 20.7. The van der Waals surface area contributed by atoms with Crippen LogP contribution in [-0.4, -0.2) is 40.8 Å². The van der Waals surface area contributed by atoms with E-state index in [4.69, 9.17) is 11.6 Å². The van der Waals surface area contributed by atoms with E-state index in [2.05, 4.69) is 20.2 Å². The van der Waals surface area contributed by atoms with Crippen molar-refractivity contribution in [1.82, 2.24) is 29.6 Å². The molecule has 0 unspecified atom stereocenters. The van der Waals surface area contributed by atoms with Gasteiger partial charge in [0.2, 0.25) is 0 Å². The van der Waals surface area contributed by atoms with E-state index < -0.39 is 6.09 Å². The maximum Gasteiger partial charge on any atom is 0.408 e. The minimum absolute atomic E-state index is 0.196. The number of fused-ring (bicyclic) bond motifs is 3. The van der Waals surface area contributed by atoms with Gasteiger partial charge in [0.25, 0.3) is 0 Å². The number of carbonyl (C=O) groups is 1. The van der Waals surface area contributed by atoms with Gasteiger partial charge in [0.1, 0.15) is 11.6 Å². The van der Waals surface area contributed by atoms with Crippen LogP contribution in [-0.2, 0) is 13.1 Å². The SMILES string of the molecule is O=C(O)N1Cc2cc(Cl)ccc2-n2c(nnc2[C@H]2CC[C@@H](c3ncccn3)CC2)C1. The van der Waals surface area contributed by atoms with E-state index in [0.29, 0.717) is 16.8 Å². The molecule has 5 rings (SSSR count). The van der Waals surface area contributed by atoms with Gasteiger partial charge in [-0.3, -0.25) is 9.47 Å². The first-order valence-electron chi connectivity index (χ1n) is 10.1. The van der Waals surface area contributed by atoms with Gasteiger partial charge >= 0.3 is 6.09 Å². The molecule has 3 aromatic rings. The fraction of sp³-hybridized carbons (Fsp3) is 0.381. The highest BCUT2D eigenvalue weighted by molar-refractivity contribution is 6.30. The highest BCUT2D eigenvalue weighted by Crippen LogP contribution is 2.40. The summed E-state index contributed by atoms with van der Waals surface area (Å²) >= 11 is 6.20. The first kappa shape index (κ1) is 19.0. The van der Waals surface area contributed by atoms with Crippen LogP contribution < -0.4 is 0 Å². The van der Waals surface area contributed by atoms with Gasteiger partial charge in [-0.05, 0) is 55.5 Å². The predicted octanol–water partition coefficient (Wildman–Crippen LogP) is 4.15. The third kappa shape index (κ3) is 3.41. The van der Waals surface area contributed by atoms with Gasteiger partial charge in [-0.2, -0.15) is 0 Å². The number of nitrogens with zero attached hydrogens (tertiary/aromatic N) is 6. The van der Waals surface area contributed by atoms with Crippen molar-refractivity contribution < 1.29 is 9.90 Å². The molecule has 3 heterocycles. The lowest BCUT2D eigenvalue weighted by Gasteiger charge is -2.27. The molecule has 154 valence electrons. The molecule has 1 N–H and O–H groups in total. The van der Waals surface area contributed by atoms with Gasteiger partial charge in [-0.25, -0.2) is 14.8 Å². The van der Waals surface area contributed by atoms with Crippen LogP contribution in [0.1, 0.15) is 60.6 Å². The number of amides is 1. The molecule has 1 fully saturated rings. The normalized spacial score (nSPS) is 20.9. The molecule has 0 bridgehead atoms. The lowest BCUT2D eigenvalue weighted by Crippen LogP contribution is -2.27. The Kier molecular flexibility index (Phi) is 4.86. The summed E-state index contributed by atoms with van der Waals surface area (Å²) in [5, 5.41) is 19.1. The molecule has 1 saturated carbocycles. The quantitative estimate of drug-likeness (QED) is 0.663. The topological polar surface area (TPSA) is 97.0 Å². The molecule has 0 atom stereocenters. The van der Waals surface area contributed by atoms with Crippen LogP contribution in [0.25, 0.3) is 5.69 Å². The Bertz CT molecular complexity index is 1080. The number of carboxylic acid groups (broad SMARTS) is 1. The van der Waals surface area contributed by atoms with E-state index in [1.807, 2.05) is 28.8 Å². The minimum atomic E-state index is -0.984. The van der Waals surface area contributed by atoms with Crippen LogP contribution in [0, 0.1) is 0 Å². The Hall–Kier alpha value is -3.00. The van der Waals surface area contributed by atoms with Crippen LogP contribution in [0.4, 0.5) is 4.79 Å². The molecule has 0 saturated heterocycles. The number of halogens is 1. The molecule has 1 aliphatic heterocycles. The largest absolute Gasteiger partial charge is 0.465 e. The number of hydrogen-bond donors (Lipinski definition) is 1. The lowest BCUT2D eigenvalue weighted by molar-refractivity contribution is 0.139. The standard InChI is InChI=1S/C21H21ClN6O2/c22-16-6-7-17-15(10-16)11-27(21(29)30)12-18-25-26-20(28(17)18)14-4-2-13(3-5-14)19-23-8-1-9-24-19/h1,6-10,13-14H,2-5,11-12H2,(H,29,30)/t13-,14+. The third-order valence-electron chi connectivity index (χ3n) is 6.04. The Morgan fingerprint density at radius 3 is 2.50 bits per heavy atom. The third-order valence-corrected chi connectivity index (χ3v) is 6.28.